The third-order valence-corrected chi connectivity index (χ3v) is 8.28. The van der Waals surface area contributed by atoms with Crippen molar-refractivity contribution in [3.05, 3.63) is 0 Å². The largest absolute Gasteiger partial charge is 0.461 e. The van der Waals surface area contributed by atoms with Crippen LogP contribution in [0, 0.1) is 5.41 Å². The molecule has 7 nitrogen and oxygen atoms in total. The van der Waals surface area contributed by atoms with Crippen LogP contribution in [-0.2, 0) is 29.4 Å². The Morgan fingerprint density at radius 1 is 1.25 bits per heavy atom. The molecule has 3 heterocycles. The van der Waals surface area contributed by atoms with Gasteiger partial charge < -0.3 is 4.74 Å². The molecule has 3 unspecified atom stereocenters. The predicted molar refractivity (Wildman–Crippen MR) is 69.9 cm³/mol. The molecule has 2 bridgehead atoms. The van der Waals surface area contributed by atoms with Crippen molar-refractivity contribution < 1.29 is 26.4 Å². The van der Waals surface area contributed by atoms with Gasteiger partial charge in [0.25, 0.3) is 0 Å². The second-order valence-electron chi connectivity index (χ2n) is 6.17. The molecule has 3 aliphatic rings. The Hall–Kier alpha value is -0.670. The number of carbonyl (C=O) groups is 1. The van der Waals surface area contributed by atoms with Crippen LogP contribution in [0.4, 0.5) is 0 Å². The molecule has 3 rings (SSSR count). The summed E-state index contributed by atoms with van der Waals surface area (Å²) >= 11 is 0. The van der Waals surface area contributed by atoms with E-state index >= 15 is 0 Å². The van der Waals surface area contributed by atoms with E-state index in [0.717, 1.165) is 0 Å². The van der Waals surface area contributed by atoms with E-state index in [1.165, 1.54) is 0 Å². The summed E-state index contributed by atoms with van der Waals surface area (Å²) in [7, 11) is -6.90. The number of fused-ring (bicyclic) bond motifs is 2. The normalized spacial score (nSPS) is 42.9. The second kappa shape index (κ2) is 4.17. The van der Waals surface area contributed by atoms with Gasteiger partial charge >= 0.3 is 5.97 Å². The van der Waals surface area contributed by atoms with Crippen molar-refractivity contribution in [2.24, 2.45) is 10.6 Å². The summed E-state index contributed by atoms with van der Waals surface area (Å²) < 4.78 is 52.0. The Bertz CT molecular complexity index is 632. The van der Waals surface area contributed by atoms with E-state index in [1.807, 2.05) is 0 Å². The number of sulfonamides is 1. The lowest BCUT2D eigenvalue weighted by Gasteiger charge is -2.39. The maximum absolute atomic E-state index is 12.1. The second-order valence-corrected chi connectivity index (χ2v) is 10.3. The van der Waals surface area contributed by atoms with Crippen LogP contribution >= 0.6 is 0 Å². The topological polar surface area (TPSA) is 121 Å². The molecule has 0 aromatic rings. The Balaban J connectivity index is 1.94. The van der Waals surface area contributed by atoms with Crippen LogP contribution in [0.3, 0.4) is 0 Å². The van der Waals surface area contributed by atoms with Crippen LogP contribution in [0.25, 0.3) is 0 Å². The zero-order valence-corrected chi connectivity index (χ0v) is 12.5. The zero-order chi connectivity index (χ0) is 14.8. The molecule has 0 aromatic carbocycles. The van der Waals surface area contributed by atoms with Gasteiger partial charge in [-0.15, -0.1) is 0 Å². The average Bonchev–Trinajstić information content (AvgIpc) is 2.62. The molecule has 9 heteroatoms. The third kappa shape index (κ3) is 2.15. The fourth-order valence-electron chi connectivity index (χ4n) is 3.95. The Kier molecular flexibility index (Phi) is 2.98. The Morgan fingerprint density at radius 2 is 1.80 bits per heavy atom. The van der Waals surface area contributed by atoms with Gasteiger partial charge in [0.1, 0.15) is 11.9 Å². The van der Waals surface area contributed by atoms with Crippen LogP contribution in [0.2, 0.25) is 0 Å². The van der Waals surface area contributed by atoms with Gasteiger partial charge in [-0.1, -0.05) is 0 Å². The molecule has 3 aliphatic heterocycles. The van der Waals surface area contributed by atoms with Gasteiger partial charge in [-0.05, 0) is 25.7 Å². The molecular weight excluding hydrogens is 306 g/mol. The van der Waals surface area contributed by atoms with Gasteiger partial charge in [-0.3, -0.25) is 4.79 Å². The fourth-order valence-corrected chi connectivity index (χ4v) is 7.40. The number of primary sulfonamides is 1. The highest BCUT2D eigenvalue weighted by molar-refractivity contribution is 7.93. The molecule has 114 valence electrons. The first-order valence-electron chi connectivity index (χ1n) is 6.55. The van der Waals surface area contributed by atoms with E-state index < -0.39 is 53.6 Å². The average molecular weight is 323 g/mol. The first-order valence-corrected chi connectivity index (χ1v) is 9.88. The van der Waals surface area contributed by atoms with Gasteiger partial charge in [0.2, 0.25) is 10.0 Å². The van der Waals surface area contributed by atoms with E-state index in [9.17, 15) is 21.6 Å². The smallest absolute Gasteiger partial charge is 0.306 e. The third-order valence-electron chi connectivity index (χ3n) is 4.85. The summed E-state index contributed by atoms with van der Waals surface area (Å²) in [4.78, 5) is 11.6. The minimum atomic E-state index is -3.78. The first kappa shape index (κ1) is 14.3. The van der Waals surface area contributed by atoms with Crippen LogP contribution in [0.15, 0.2) is 0 Å². The molecule has 3 fully saturated rings. The van der Waals surface area contributed by atoms with E-state index in [2.05, 4.69) is 0 Å². The highest BCUT2D eigenvalue weighted by Gasteiger charge is 2.60. The molecule has 0 saturated carbocycles. The lowest BCUT2D eigenvalue weighted by Crippen LogP contribution is -2.47. The van der Waals surface area contributed by atoms with Crippen molar-refractivity contribution >= 4 is 25.8 Å². The van der Waals surface area contributed by atoms with Gasteiger partial charge in [0.05, 0.1) is 16.9 Å². The number of ether oxygens (including phenoxy) is 1. The number of cyclic esters (lactones) is 1. The van der Waals surface area contributed by atoms with Crippen LogP contribution in [0.1, 0.15) is 32.1 Å². The van der Waals surface area contributed by atoms with E-state index in [-0.39, 0.29) is 6.42 Å². The maximum Gasteiger partial charge on any atom is 0.306 e. The molecule has 2 N–H and O–H groups in total. The summed E-state index contributed by atoms with van der Waals surface area (Å²) in [6.07, 6.45) is 1.06. The lowest BCUT2D eigenvalue weighted by atomic mass is 9.74. The molecule has 0 aromatic heterocycles. The lowest BCUT2D eigenvalue weighted by molar-refractivity contribution is -0.141. The van der Waals surface area contributed by atoms with Gasteiger partial charge in [-0.25, -0.2) is 22.0 Å². The number of hydrogen-bond donors (Lipinski definition) is 1. The minimum absolute atomic E-state index is 0.0930. The number of rotatable bonds is 2. The highest BCUT2D eigenvalue weighted by atomic mass is 32.2. The quantitative estimate of drug-likeness (QED) is 0.672. The van der Waals surface area contributed by atoms with Crippen LogP contribution < -0.4 is 5.14 Å². The molecule has 1 spiro atoms. The standard InChI is InChI=1S/C11H17NO6S2/c12-19(14,15)6-9-11(5-10(13)18-9)3-7-1-2-8(4-11)20(7,16)17/h7-9H,1-6H2,(H2,12,14,15). The number of nitrogens with two attached hydrogens (primary N) is 1. The van der Waals surface area contributed by atoms with E-state index in [1.54, 1.807) is 0 Å². The zero-order valence-electron chi connectivity index (χ0n) is 10.8. The molecule has 0 amide bonds. The van der Waals surface area contributed by atoms with Crippen molar-refractivity contribution in [2.75, 3.05) is 5.75 Å². The van der Waals surface area contributed by atoms with Crippen molar-refractivity contribution in [3.8, 4) is 0 Å². The Morgan fingerprint density at radius 3 is 2.30 bits per heavy atom. The summed E-state index contributed by atoms with van der Waals surface area (Å²) in [5.74, 6) is -0.893. The van der Waals surface area contributed by atoms with E-state index in [4.69, 9.17) is 9.88 Å². The summed E-state index contributed by atoms with van der Waals surface area (Å²) in [6.45, 7) is 0. The van der Waals surface area contributed by atoms with E-state index in [0.29, 0.717) is 25.7 Å². The SMILES string of the molecule is NS(=O)(=O)CC1OC(=O)CC12CC1CCC(C2)S1(=O)=O. The number of sulfone groups is 1. The monoisotopic (exact) mass is 323 g/mol. The maximum atomic E-state index is 12.1. The molecular formula is C11H17NO6S2. The van der Waals surface area contributed by atoms with Crippen LogP contribution in [0.5, 0.6) is 0 Å². The molecule has 3 saturated heterocycles. The summed E-state index contributed by atoms with van der Waals surface area (Å²) in [5.41, 5.74) is -0.680. The van der Waals surface area contributed by atoms with Crippen LogP contribution in [-0.4, -0.2) is 45.2 Å². The van der Waals surface area contributed by atoms with Gasteiger partial charge in [0.15, 0.2) is 9.84 Å². The Labute approximate surface area is 117 Å². The van der Waals surface area contributed by atoms with Crippen molar-refractivity contribution in [2.45, 2.75) is 48.7 Å². The molecule has 0 aliphatic carbocycles. The summed E-state index contributed by atoms with van der Waals surface area (Å²) in [5, 5.41) is 4.10. The number of hydrogen-bond acceptors (Lipinski definition) is 6. The minimum Gasteiger partial charge on any atom is -0.461 e. The number of carbonyl (C=O) groups excluding carboxylic acids is 1. The molecule has 3 atom stereocenters. The van der Waals surface area contributed by atoms with Crippen molar-refractivity contribution in [3.63, 3.8) is 0 Å². The predicted octanol–water partition coefficient (Wildman–Crippen LogP) is -0.684. The highest BCUT2D eigenvalue weighted by Crippen LogP contribution is 2.54. The first-order chi connectivity index (χ1) is 9.12. The molecule has 0 radical (unpaired) electrons. The summed E-state index contributed by atoms with van der Waals surface area (Å²) in [6, 6.07) is 0. The van der Waals surface area contributed by atoms with Crippen molar-refractivity contribution in [1.82, 2.24) is 0 Å². The molecule has 20 heavy (non-hydrogen) atoms. The van der Waals surface area contributed by atoms with Crippen molar-refractivity contribution in [1.29, 1.82) is 0 Å². The van der Waals surface area contributed by atoms with Gasteiger partial charge in [0, 0.05) is 5.41 Å². The van der Waals surface area contributed by atoms with Gasteiger partial charge in [-0.2, -0.15) is 0 Å². The fraction of sp³-hybridized carbons (Fsp3) is 0.909. The number of esters is 1.